The Morgan fingerprint density at radius 2 is 1.97 bits per heavy atom. The molecule has 30 heavy (non-hydrogen) atoms. The molecule has 0 aliphatic rings. The Labute approximate surface area is 173 Å². The smallest absolute Gasteiger partial charge is 0.264 e. The fourth-order valence-corrected chi connectivity index (χ4v) is 3.76. The van der Waals surface area contributed by atoms with Crippen LogP contribution < -0.4 is 11.0 Å². The number of carbonyl (C=O) groups excluding carboxylic acids is 1. The number of hydrogen-bond acceptors (Lipinski definition) is 6. The van der Waals surface area contributed by atoms with Gasteiger partial charge in [-0.2, -0.15) is 5.26 Å². The van der Waals surface area contributed by atoms with E-state index in [2.05, 4.69) is 0 Å². The number of aromatic nitrogens is 1. The molecule has 160 valence electrons. The molecule has 8 nitrogen and oxygen atoms in total. The van der Waals surface area contributed by atoms with E-state index in [0.29, 0.717) is 18.4 Å². The van der Waals surface area contributed by atoms with E-state index < -0.39 is 31.9 Å². The number of amides is 1. The van der Waals surface area contributed by atoms with E-state index in [1.165, 1.54) is 5.48 Å². The molecule has 1 atom stereocenters. The van der Waals surface area contributed by atoms with Crippen molar-refractivity contribution >= 4 is 15.7 Å². The quantitative estimate of drug-likeness (QED) is 0.481. The maximum absolute atomic E-state index is 14.7. The lowest BCUT2D eigenvalue weighted by atomic mass is 10.0. The Kier molecular flexibility index (Phi) is 7.12. The number of hydrogen-bond donors (Lipinski definition) is 2. The molecular formula is C20H22FN3O5S. The summed E-state index contributed by atoms with van der Waals surface area (Å²) in [6.45, 7) is 0.873. The van der Waals surface area contributed by atoms with Gasteiger partial charge in [0.25, 0.3) is 11.5 Å². The molecule has 2 N–H and O–H groups in total. The molecule has 0 fully saturated rings. The van der Waals surface area contributed by atoms with Gasteiger partial charge in [0.05, 0.1) is 6.07 Å². The molecule has 1 unspecified atom stereocenters. The first-order valence-corrected chi connectivity index (χ1v) is 10.9. The molecule has 0 aliphatic carbocycles. The Balaban J connectivity index is 2.29. The van der Waals surface area contributed by atoms with Crippen molar-refractivity contribution in [2.24, 2.45) is 0 Å². The number of nitriles is 1. The van der Waals surface area contributed by atoms with E-state index >= 15 is 0 Å². The minimum atomic E-state index is -3.93. The number of rotatable bonds is 8. The highest BCUT2D eigenvalue weighted by Crippen LogP contribution is 2.24. The standard InChI is InChI=1S/C20H22FN3O5S/c1-20(19(26)23-27,30(2,28)29)9-11-24-13-17(21)16(12-18(24)25)15-7-5-14(6-8-15)4-3-10-22/h5-8,12-13,27H,3-4,9,11H2,1-2H3,(H,23,26). The molecule has 2 rings (SSSR count). The minimum Gasteiger partial charge on any atom is -0.312 e. The SMILES string of the molecule is CC(CCn1cc(F)c(-c2ccc(CCC#N)cc2)cc1=O)(C(=O)NO)S(C)(=O)=O. The molecule has 0 radical (unpaired) electrons. The second-order valence-corrected chi connectivity index (χ2v) is 9.56. The van der Waals surface area contributed by atoms with Crippen LogP contribution in [0.25, 0.3) is 11.1 Å². The molecule has 0 saturated carbocycles. The lowest BCUT2D eigenvalue weighted by Crippen LogP contribution is -2.50. The summed E-state index contributed by atoms with van der Waals surface area (Å²) in [6, 6.07) is 9.96. The second-order valence-electron chi connectivity index (χ2n) is 7.12. The van der Waals surface area contributed by atoms with Crippen LogP contribution in [0.4, 0.5) is 4.39 Å². The number of carbonyl (C=O) groups is 1. The average Bonchev–Trinajstić information content (AvgIpc) is 2.71. The first-order valence-electron chi connectivity index (χ1n) is 9.04. The molecule has 0 spiro atoms. The van der Waals surface area contributed by atoms with Crippen LogP contribution in [0.2, 0.25) is 0 Å². The highest BCUT2D eigenvalue weighted by molar-refractivity contribution is 7.92. The van der Waals surface area contributed by atoms with Crippen LogP contribution in [-0.4, -0.2) is 35.1 Å². The van der Waals surface area contributed by atoms with Gasteiger partial charge in [0.2, 0.25) is 0 Å². The van der Waals surface area contributed by atoms with Crippen molar-refractivity contribution in [1.82, 2.24) is 10.0 Å². The minimum absolute atomic E-state index is 0.0852. The third-order valence-corrected chi connectivity index (χ3v) is 7.12. The maximum Gasteiger partial charge on any atom is 0.264 e. The van der Waals surface area contributed by atoms with Crippen LogP contribution in [0.5, 0.6) is 0 Å². The fourth-order valence-electron chi connectivity index (χ4n) is 2.91. The molecule has 1 amide bonds. The largest absolute Gasteiger partial charge is 0.312 e. The van der Waals surface area contributed by atoms with Crippen molar-refractivity contribution in [3.05, 3.63) is 58.3 Å². The van der Waals surface area contributed by atoms with Crippen LogP contribution in [0, 0.1) is 17.1 Å². The first-order chi connectivity index (χ1) is 14.0. The van der Waals surface area contributed by atoms with E-state index in [1.807, 2.05) is 6.07 Å². The normalized spacial score (nSPS) is 13.3. The van der Waals surface area contributed by atoms with Crippen molar-refractivity contribution in [2.75, 3.05) is 6.26 Å². The van der Waals surface area contributed by atoms with Crippen molar-refractivity contribution in [3.8, 4) is 17.2 Å². The molecule has 0 aliphatic heterocycles. The number of nitrogens with zero attached hydrogens (tertiary/aromatic N) is 2. The molecule has 0 saturated heterocycles. The molecule has 2 aromatic rings. The first kappa shape index (κ1) is 23.3. The lowest BCUT2D eigenvalue weighted by molar-refractivity contribution is -0.131. The van der Waals surface area contributed by atoms with Crippen molar-refractivity contribution < 1.29 is 22.8 Å². The number of benzene rings is 1. The van der Waals surface area contributed by atoms with E-state index in [9.17, 15) is 22.4 Å². The van der Waals surface area contributed by atoms with Gasteiger partial charge in [0, 0.05) is 37.0 Å². The van der Waals surface area contributed by atoms with E-state index in [1.54, 1.807) is 24.3 Å². The number of halogens is 1. The lowest BCUT2D eigenvalue weighted by Gasteiger charge is -2.25. The number of pyridine rings is 1. The summed E-state index contributed by atoms with van der Waals surface area (Å²) in [5, 5.41) is 17.5. The summed E-state index contributed by atoms with van der Waals surface area (Å²) in [6.07, 6.45) is 2.39. The summed E-state index contributed by atoms with van der Waals surface area (Å²) in [4.78, 5) is 24.3. The Morgan fingerprint density at radius 1 is 1.33 bits per heavy atom. The van der Waals surface area contributed by atoms with Crippen LogP contribution in [0.1, 0.15) is 25.3 Å². The van der Waals surface area contributed by atoms with E-state index in [0.717, 1.165) is 35.6 Å². The molecule has 1 aromatic heterocycles. The van der Waals surface area contributed by atoms with Gasteiger partial charge in [-0.3, -0.25) is 14.8 Å². The summed E-state index contributed by atoms with van der Waals surface area (Å²) >= 11 is 0. The van der Waals surface area contributed by atoms with Crippen molar-refractivity contribution in [2.45, 2.75) is 37.5 Å². The summed E-state index contributed by atoms with van der Waals surface area (Å²) in [7, 11) is -3.93. The summed E-state index contributed by atoms with van der Waals surface area (Å²) in [5.74, 6) is -1.82. The van der Waals surface area contributed by atoms with Gasteiger partial charge in [-0.15, -0.1) is 0 Å². The molecule has 1 aromatic carbocycles. The zero-order valence-corrected chi connectivity index (χ0v) is 17.4. The zero-order chi connectivity index (χ0) is 22.5. The van der Waals surface area contributed by atoms with E-state index in [4.69, 9.17) is 10.5 Å². The average molecular weight is 435 g/mol. The Hall–Kier alpha value is -3.03. The van der Waals surface area contributed by atoms with Crippen LogP contribution in [0.15, 0.2) is 41.3 Å². The van der Waals surface area contributed by atoms with Crippen molar-refractivity contribution in [3.63, 3.8) is 0 Å². The highest BCUT2D eigenvalue weighted by atomic mass is 32.2. The molecule has 0 bridgehead atoms. The van der Waals surface area contributed by atoms with Gasteiger partial charge < -0.3 is 4.57 Å². The van der Waals surface area contributed by atoms with Gasteiger partial charge >= 0.3 is 0 Å². The predicted molar refractivity (Wildman–Crippen MR) is 108 cm³/mol. The molecular weight excluding hydrogens is 413 g/mol. The number of nitrogens with one attached hydrogen (secondary N) is 1. The Morgan fingerprint density at radius 3 is 2.50 bits per heavy atom. The maximum atomic E-state index is 14.7. The second kappa shape index (κ2) is 9.19. The number of aryl methyl sites for hydroxylation is 2. The summed E-state index contributed by atoms with van der Waals surface area (Å²) in [5.41, 5.74) is 2.24. The zero-order valence-electron chi connectivity index (χ0n) is 16.6. The highest BCUT2D eigenvalue weighted by Gasteiger charge is 2.43. The Bertz CT molecular complexity index is 1140. The van der Waals surface area contributed by atoms with Gasteiger partial charge in [0.1, 0.15) is 5.82 Å². The monoisotopic (exact) mass is 435 g/mol. The van der Waals surface area contributed by atoms with Gasteiger partial charge in [-0.25, -0.2) is 18.3 Å². The number of hydroxylamine groups is 1. The summed E-state index contributed by atoms with van der Waals surface area (Å²) < 4.78 is 37.7. The molecule has 10 heteroatoms. The third-order valence-electron chi connectivity index (χ3n) is 5.10. The number of sulfone groups is 1. The van der Waals surface area contributed by atoms with Crippen LogP contribution >= 0.6 is 0 Å². The molecule has 1 heterocycles. The van der Waals surface area contributed by atoms with Gasteiger partial charge in [0.15, 0.2) is 14.6 Å². The fraction of sp³-hybridized carbons (Fsp3) is 0.350. The van der Waals surface area contributed by atoms with Gasteiger partial charge in [-0.05, 0) is 30.9 Å². The van der Waals surface area contributed by atoms with E-state index in [-0.39, 0.29) is 18.5 Å². The van der Waals surface area contributed by atoms with Gasteiger partial charge in [-0.1, -0.05) is 24.3 Å². The van der Waals surface area contributed by atoms with Crippen LogP contribution in [-0.2, 0) is 27.6 Å². The third kappa shape index (κ3) is 4.93. The topological polar surface area (TPSA) is 129 Å². The van der Waals surface area contributed by atoms with Crippen molar-refractivity contribution in [1.29, 1.82) is 5.26 Å². The van der Waals surface area contributed by atoms with Crippen LogP contribution in [0.3, 0.4) is 0 Å². The predicted octanol–water partition coefficient (Wildman–Crippen LogP) is 1.81.